The van der Waals surface area contributed by atoms with E-state index in [2.05, 4.69) is 5.32 Å². The molecular formula is C15H14ClNO3. The summed E-state index contributed by atoms with van der Waals surface area (Å²) in [6, 6.07) is 12.5. The lowest BCUT2D eigenvalue weighted by Crippen LogP contribution is -2.30. The number of nitrogens with one attached hydrogen (secondary N) is 1. The van der Waals surface area contributed by atoms with Gasteiger partial charge in [0.25, 0.3) is 5.91 Å². The highest BCUT2D eigenvalue weighted by molar-refractivity contribution is 6.30. The molecule has 104 valence electrons. The summed E-state index contributed by atoms with van der Waals surface area (Å²) >= 11 is 5.80. The van der Waals surface area contributed by atoms with Crippen molar-refractivity contribution in [3.8, 4) is 5.75 Å². The molecule has 0 saturated heterocycles. The quantitative estimate of drug-likeness (QED) is 0.811. The van der Waals surface area contributed by atoms with Gasteiger partial charge in [0.2, 0.25) is 0 Å². The third-order valence-corrected chi connectivity index (χ3v) is 3.16. The highest BCUT2D eigenvalue weighted by Gasteiger charge is 2.16. The second-order valence-electron chi connectivity index (χ2n) is 4.28. The van der Waals surface area contributed by atoms with Crippen LogP contribution in [0.15, 0.2) is 48.5 Å². The highest BCUT2D eigenvalue weighted by Crippen LogP contribution is 2.19. The number of halogens is 1. The summed E-state index contributed by atoms with van der Waals surface area (Å²) in [5.41, 5.74) is 0.903. The van der Waals surface area contributed by atoms with Crippen molar-refractivity contribution in [2.75, 3.05) is 6.61 Å². The number of benzene rings is 2. The number of amides is 1. The fourth-order valence-electron chi connectivity index (χ4n) is 1.83. The fourth-order valence-corrected chi connectivity index (χ4v) is 1.96. The zero-order valence-electron chi connectivity index (χ0n) is 10.6. The number of hydrogen-bond donors (Lipinski definition) is 3. The first-order chi connectivity index (χ1) is 9.61. The molecule has 0 saturated carbocycles. The minimum atomic E-state index is -0.556. The number of aromatic hydroxyl groups is 1. The summed E-state index contributed by atoms with van der Waals surface area (Å²) in [4.78, 5) is 12.1. The lowest BCUT2D eigenvalue weighted by Gasteiger charge is -2.17. The normalized spacial score (nSPS) is 11.9. The molecule has 0 aliphatic rings. The number of carbonyl (C=O) groups excluding carboxylic acids is 1. The van der Waals surface area contributed by atoms with Gasteiger partial charge in [-0.3, -0.25) is 4.79 Å². The topological polar surface area (TPSA) is 69.6 Å². The third-order valence-electron chi connectivity index (χ3n) is 2.91. The van der Waals surface area contributed by atoms with Crippen LogP contribution < -0.4 is 5.32 Å². The highest BCUT2D eigenvalue weighted by atomic mass is 35.5. The van der Waals surface area contributed by atoms with E-state index in [9.17, 15) is 15.0 Å². The van der Waals surface area contributed by atoms with Crippen LogP contribution in [0, 0.1) is 0 Å². The van der Waals surface area contributed by atoms with Crippen LogP contribution in [-0.2, 0) is 0 Å². The predicted octanol–water partition coefficient (Wildman–Crippen LogP) is 2.51. The maximum atomic E-state index is 12.1. The zero-order valence-corrected chi connectivity index (χ0v) is 11.3. The smallest absolute Gasteiger partial charge is 0.255 e. The first-order valence-corrected chi connectivity index (χ1v) is 6.45. The summed E-state index contributed by atoms with van der Waals surface area (Å²) in [5, 5.41) is 22.3. The number of aliphatic hydroxyl groups is 1. The molecule has 1 unspecified atom stereocenters. The molecule has 0 aliphatic carbocycles. The Labute approximate surface area is 121 Å². The van der Waals surface area contributed by atoms with Crippen LogP contribution in [0.2, 0.25) is 5.02 Å². The van der Waals surface area contributed by atoms with Crippen molar-refractivity contribution >= 4 is 17.5 Å². The number of aliphatic hydroxyl groups excluding tert-OH is 1. The van der Waals surface area contributed by atoms with Crippen LogP contribution in [-0.4, -0.2) is 22.7 Å². The molecule has 1 atom stereocenters. The van der Waals surface area contributed by atoms with Crippen LogP contribution in [0.4, 0.5) is 0 Å². The van der Waals surface area contributed by atoms with E-state index in [4.69, 9.17) is 11.6 Å². The van der Waals surface area contributed by atoms with Gasteiger partial charge in [-0.15, -0.1) is 0 Å². The molecule has 0 spiro atoms. The van der Waals surface area contributed by atoms with Gasteiger partial charge in [-0.25, -0.2) is 0 Å². The van der Waals surface area contributed by atoms with E-state index >= 15 is 0 Å². The lowest BCUT2D eigenvalue weighted by atomic mass is 10.1. The van der Waals surface area contributed by atoms with Crippen LogP contribution >= 0.6 is 11.6 Å². The molecular weight excluding hydrogens is 278 g/mol. The van der Waals surface area contributed by atoms with Crippen LogP contribution in [0.3, 0.4) is 0 Å². The third kappa shape index (κ3) is 3.29. The number of hydrogen-bond acceptors (Lipinski definition) is 3. The van der Waals surface area contributed by atoms with Gasteiger partial charge < -0.3 is 15.5 Å². The average Bonchev–Trinajstić information content (AvgIpc) is 2.46. The molecule has 5 heteroatoms. The molecule has 0 aliphatic heterocycles. The Morgan fingerprint density at radius 1 is 1.15 bits per heavy atom. The second-order valence-corrected chi connectivity index (χ2v) is 4.71. The van der Waals surface area contributed by atoms with Gasteiger partial charge in [-0.05, 0) is 29.8 Å². The van der Waals surface area contributed by atoms with Gasteiger partial charge in [0.1, 0.15) is 5.75 Å². The van der Waals surface area contributed by atoms with Crippen molar-refractivity contribution in [3.05, 3.63) is 64.7 Å². The molecule has 3 N–H and O–H groups in total. The summed E-state index contributed by atoms with van der Waals surface area (Å²) in [5.74, 6) is -0.546. The van der Waals surface area contributed by atoms with E-state index in [-0.39, 0.29) is 17.9 Å². The summed E-state index contributed by atoms with van der Waals surface area (Å²) in [7, 11) is 0. The molecule has 20 heavy (non-hydrogen) atoms. The number of phenolic OH excluding ortho intramolecular Hbond substituents is 1. The first kappa shape index (κ1) is 14.4. The van der Waals surface area contributed by atoms with Crippen molar-refractivity contribution in [2.24, 2.45) is 0 Å². The summed E-state index contributed by atoms with van der Waals surface area (Å²) < 4.78 is 0. The maximum Gasteiger partial charge on any atom is 0.255 e. The van der Waals surface area contributed by atoms with E-state index in [1.807, 2.05) is 0 Å². The fraction of sp³-hybridized carbons (Fsp3) is 0.133. The molecule has 1 amide bonds. The minimum Gasteiger partial charge on any atom is -0.507 e. The van der Waals surface area contributed by atoms with Gasteiger partial charge in [0, 0.05) is 5.02 Å². The average molecular weight is 292 g/mol. The molecule has 2 rings (SSSR count). The Kier molecular flexibility index (Phi) is 4.61. The lowest BCUT2D eigenvalue weighted by molar-refractivity contribution is 0.0913. The molecule has 4 nitrogen and oxygen atoms in total. The van der Waals surface area contributed by atoms with Gasteiger partial charge in [-0.1, -0.05) is 35.9 Å². The molecule has 0 bridgehead atoms. The Morgan fingerprint density at radius 2 is 1.80 bits per heavy atom. The number of phenols is 1. The van der Waals surface area contributed by atoms with E-state index in [0.717, 1.165) is 5.56 Å². The molecule has 2 aromatic rings. The monoisotopic (exact) mass is 291 g/mol. The number of para-hydroxylation sites is 1. The second kappa shape index (κ2) is 6.41. The first-order valence-electron chi connectivity index (χ1n) is 6.07. The number of carbonyl (C=O) groups is 1. The number of rotatable bonds is 4. The van der Waals surface area contributed by atoms with Gasteiger partial charge in [-0.2, -0.15) is 0 Å². The SMILES string of the molecule is O=C(NC(CO)c1ccc(Cl)cc1)c1ccccc1O. The van der Waals surface area contributed by atoms with Crippen molar-refractivity contribution in [2.45, 2.75) is 6.04 Å². The Balaban J connectivity index is 2.16. The van der Waals surface area contributed by atoms with Gasteiger partial charge >= 0.3 is 0 Å². The van der Waals surface area contributed by atoms with Crippen molar-refractivity contribution in [1.82, 2.24) is 5.32 Å². The standard InChI is InChI=1S/C15H14ClNO3/c16-11-7-5-10(6-8-11)13(9-18)17-15(20)12-3-1-2-4-14(12)19/h1-8,13,18-19H,9H2,(H,17,20). The minimum absolute atomic E-state index is 0.0993. The van der Waals surface area contributed by atoms with Crippen LogP contribution in [0.5, 0.6) is 5.75 Å². The van der Waals surface area contributed by atoms with E-state index < -0.39 is 11.9 Å². The largest absolute Gasteiger partial charge is 0.507 e. The van der Waals surface area contributed by atoms with Crippen molar-refractivity contribution in [3.63, 3.8) is 0 Å². The predicted molar refractivity (Wildman–Crippen MR) is 76.9 cm³/mol. The Bertz CT molecular complexity index is 598. The van der Waals surface area contributed by atoms with E-state index in [1.54, 1.807) is 36.4 Å². The van der Waals surface area contributed by atoms with Crippen molar-refractivity contribution < 1.29 is 15.0 Å². The van der Waals surface area contributed by atoms with Gasteiger partial charge in [0.05, 0.1) is 18.2 Å². The molecule has 2 aromatic carbocycles. The van der Waals surface area contributed by atoms with Crippen LogP contribution in [0.25, 0.3) is 0 Å². The molecule has 0 aromatic heterocycles. The summed E-state index contributed by atoms with van der Waals surface area (Å²) in [6.07, 6.45) is 0. The Hall–Kier alpha value is -2.04. The zero-order chi connectivity index (χ0) is 14.5. The Morgan fingerprint density at radius 3 is 2.40 bits per heavy atom. The molecule has 0 fully saturated rings. The van der Waals surface area contributed by atoms with Crippen LogP contribution in [0.1, 0.15) is 22.0 Å². The van der Waals surface area contributed by atoms with Crippen molar-refractivity contribution in [1.29, 1.82) is 0 Å². The maximum absolute atomic E-state index is 12.1. The van der Waals surface area contributed by atoms with E-state index in [1.165, 1.54) is 12.1 Å². The van der Waals surface area contributed by atoms with Gasteiger partial charge in [0.15, 0.2) is 0 Å². The van der Waals surface area contributed by atoms with E-state index in [0.29, 0.717) is 5.02 Å². The summed E-state index contributed by atoms with van der Waals surface area (Å²) in [6.45, 7) is -0.249. The molecule has 0 radical (unpaired) electrons. The molecule has 0 heterocycles.